The molecule has 0 amide bonds. The number of hydrogen-bond acceptors (Lipinski definition) is 3. The molecule has 0 bridgehead atoms. The smallest absolute Gasteiger partial charge is 0.159 e. The van der Waals surface area contributed by atoms with Crippen LogP contribution in [0.15, 0.2) is 18.2 Å². The molecule has 0 saturated carbocycles. The fraction of sp³-hybridized carbons (Fsp3) is 0.571. The van der Waals surface area contributed by atoms with Crippen molar-refractivity contribution in [3.05, 3.63) is 35.4 Å². The van der Waals surface area contributed by atoms with Gasteiger partial charge in [0.25, 0.3) is 0 Å². The largest absolute Gasteiger partial charge is 0.396 e. The van der Waals surface area contributed by atoms with E-state index in [0.717, 1.165) is 12.5 Å². The quantitative estimate of drug-likeness (QED) is 0.829. The highest BCUT2D eigenvalue weighted by molar-refractivity contribution is 5.17. The minimum absolute atomic E-state index is 0.0344. The predicted octanol–water partition coefficient (Wildman–Crippen LogP) is 1.84. The van der Waals surface area contributed by atoms with Gasteiger partial charge in [-0.2, -0.15) is 0 Å². The Hall–Kier alpha value is -1.04. The van der Waals surface area contributed by atoms with Gasteiger partial charge < -0.3 is 15.2 Å². The van der Waals surface area contributed by atoms with E-state index < -0.39 is 11.6 Å². The van der Waals surface area contributed by atoms with Gasteiger partial charge in [-0.05, 0) is 30.5 Å². The maximum absolute atomic E-state index is 13.0. The molecule has 1 heterocycles. The molecule has 1 saturated heterocycles. The van der Waals surface area contributed by atoms with Crippen LogP contribution in [0.25, 0.3) is 0 Å². The molecule has 1 fully saturated rings. The van der Waals surface area contributed by atoms with Gasteiger partial charge in [0.15, 0.2) is 11.6 Å². The normalized spacial score (nSPS) is 22.9. The summed E-state index contributed by atoms with van der Waals surface area (Å²) in [5, 5.41) is 12.3. The number of ether oxygens (including phenoxy) is 1. The Kier molecular flexibility index (Phi) is 4.85. The van der Waals surface area contributed by atoms with Crippen molar-refractivity contribution >= 4 is 0 Å². The number of nitrogens with one attached hydrogen (secondary N) is 1. The van der Waals surface area contributed by atoms with Crippen LogP contribution in [0.1, 0.15) is 18.4 Å². The van der Waals surface area contributed by atoms with Gasteiger partial charge in [0, 0.05) is 31.7 Å². The second-order valence-electron chi connectivity index (χ2n) is 5.13. The Morgan fingerprint density at radius 3 is 2.79 bits per heavy atom. The zero-order valence-corrected chi connectivity index (χ0v) is 10.8. The van der Waals surface area contributed by atoms with Crippen LogP contribution in [-0.4, -0.2) is 31.5 Å². The van der Waals surface area contributed by atoms with Gasteiger partial charge in [-0.3, -0.25) is 0 Å². The first kappa shape index (κ1) is 14.4. The molecule has 0 radical (unpaired) electrons. The number of aliphatic hydroxyl groups excluding tert-OH is 1. The Bertz CT molecular complexity index is 420. The zero-order chi connectivity index (χ0) is 13.7. The lowest BCUT2D eigenvalue weighted by molar-refractivity contribution is 0.124. The summed E-state index contributed by atoms with van der Waals surface area (Å²) in [7, 11) is 0. The van der Waals surface area contributed by atoms with Crippen LogP contribution in [0.4, 0.5) is 8.78 Å². The molecular weight excluding hydrogens is 252 g/mol. The van der Waals surface area contributed by atoms with Crippen LogP contribution >= 0.6 is 0 Å². The number of hydrogen-bond donors (Lipinski definition) is 2. The van der Waals surface area contributed by atoms with Gasteiger partial charge in [-0.1, -0.05) is 6.07 Å². The highest BCUT2D eigenvalue weighted by atomic mass is 19.2. The van der Waals surface area contributed by atoms with E-state index in [9.17, 15) is 8.78 Å². The van der Waals surface area contributed by atoms with E-state index in [1.54, 1.807) is 6.07 Å². The Morgan fingerprint density at radius 2 is 2.16 bits per heavy atom. The molecule has 3 nitrogen and oxygen atoms in total. The molecule has 1 aliphatic rings. The summed E-state index contributed by atoms with van der Waals surface area (Å²) in [5.74, 6) is -1.65. The molecule has 19 heavy (non-hydrogen) atoms. The summed E-state index contributed by atoms with van der Waals surface area (Å²) in [6.07, 6.45) is 1.61. The summed E-state index contributed by atoms with van der Waals surface area (Å²) in [6.45, 7) is 2.67. The van der Waals surface area contributed by atoms with E-state index in [2.05, 4.69) is 5.32 Å². The molecule has 2 N–H and O–H groups in total. The van der Waals surface area contributed by atoms with E-state index in [4.69, 9.17) is 9.84 Å². The molecule has 1 aromatic carbocycles. The zero-order valence-electron chi connectivity index (χ0n) is 10.8. The molecule has 5 heteroatoms. The molecule has 1 atom stereocenters. The first-order chi connectivity index (χ1) is 9.15. The second kappa shape index (κ2) is 6.41. The first-order valence-electron chi connectivity index (χ1n) is 6.48. The van der Waals surface area contributed by atoms with E-state index in [0.29, 0.717) is 38.3 Å². The number of halogens is 2. The number of benzene rings is 1. The third kappa shape index (κ3) is 3.72. The van der Waals surface area contributed by atoms with Gasteiger partial charge in [-0.25, -0.2) is 8.78 Å². The predicted molar refractivity (Wildman–Crippen MR) is 67.6 cm³/mol. The molecule has 106 valence electrons. The van der Waals surface area contributed by atoms with Crippen LogP contribution in [0.2, 0.25) is 0 Å². The van der Waals surface area contributed by atoms with Crippen LogP contribution in [0, 0.1) is 17.0 Å². The second-order valence-corrected chi connectivity index (χ2v) is 5.13. The SMILES string of the molecule is OCCC1(CNCc2ccc(F)c(F)c2)CCOC1. The van der Waals surface area contributed by atoms with E-state index in [1.165, 1.54) is 6.07 Å². The average molecular weight is 271 g/mol. The fourth-order valence-corrected chi connectivity index (χ4v) is 2.43. The summed E-state index contributed by atoms with van der Waals surface area (Å²) >= 11 is 0. The van der Waals surface area contributed by atoms with Crippen molar-refractivity contribution < 1.29 is 18.6 Å². The van der Waals surface area contributed by atoms with Gasteiger partial charge in [0.05, 0.1) is 6.61 Å². The monoisotopic (exact) mass is 271 g/mol. The third-order valence-corrected chi connectivity index (χ3v) is 3.64. The highest BCUT2D eigenvalue weighted by Crippen LogP contribution is 2.31. The van der Waals surface area contributed by atoms with Crippen molar-refractivity contribution in [2.45, 2.75) is 19.4 Å². The van der Waals surface area contributed by atoms with Crippen molar-refractivity contribution in [1.29, 1.82) is 0 Å². The number of rotatable bonds is 6. The Morgan fingerprint density at radius 1 is 1.32 bits per heavy atom. The molecule has 1 aromatic rings. The van der Waals surface area contributed by atoms with E-state index in [1.807, 2.05) is 0 Å². The van der Waals surface area contributed by atoms with Gasteiger partial charge in [0.2, 0.25) is 0 Å². The first-order valence-corrected chi connectivity index (χ1v) is 6.48. The third-order valence-electron chi connectivity index (χ3n) is 3.64. The molecule has 2 rings (SSSR count). The molecule has 1 unspecified atom stereocenters. The highest BCUT2D eigenvalue weighted by Gasteiger charge is 2.33. The molecule has 0 aliphatic carbocycles. The van der Waals surface area contributed by atoms with Crippen molar-refractivity contribution in [3.63, 3.8) is 0 Å². The van der Waals surface area contributed by atoms with Gasteiger partial charge in [-0.15, -0.1) is 0 Å². The Balaban J connectivity index is 1.86. The maximum Gasteiger partial charge on any atom is 0.159 e. The van der Waals surface area contributed by atoms with E-state index >= 15 is 0 Å². The molecule has 1 aliphatic heterocycles. The van der Waals surface area contributed by atoms with E-state index in [-0.39, 0.29) is 12.0 Å². The van der Waals surface area contributed by atoms with Crippen molar-refractivity contribution in [3.8, 4) is 0 Å². The minimum Gasteiger partial charge on any atom is -0.396 e. The lowest BCUT2D eigenvalue weighted by Crippen LogP contribution is -2.35. The molecular formula is C14H19F2NO2. The minimum atomic E-state index is -0.829. The topological polar surface area (TPSA) is 41.5 Å². The van der Waals surface area contributed by atoms with Crippen LogP contribution in [0.3, 0.4) is 0 Å². The lowest BCUT2D eigenvalue weighted by Gasteiger charge is -2.26. The average Bonchev–Trinajstić information content (AvgIpc) is 2.83. The molecule has 0 aromatic heterocycles. The summed E-state index contributed by atoms with van der Waals surface area (Å²) in [4.78, 5) is 0. The maximum atomic E-state index is 13.0. The van der Waals surface area contributed by atoms with Crippen molar-refractivity contribution in [2.75, 3.05) is 26.4 Å². The van der Waals surface area contributed by atoms with Gasteiger partial charge in [0.1, 0.15) is 0 Å². The number of aliphatic hydroxyl groups is 1. The van der Waals surface area contributed by atoms with Crippen molar-refractivity contribution in [2.24, 2.45) is 5.41 Å². The summed E-state index contributed by atoms with van der Waals surface area (Å²) < 4.78 is 31.2. The van der Waals surface area contributed by atoms with Crippen LogP contribution < -0.4 is 5.32 Å². The van der Waals surface area contributed by atoms with Crippen LogP contribution in [-0.2, 0) is 11.3 Å². The molecule has 0 spiro atoms. The van der Waals surface area contributed by atoms with Gasteiger partial charge >= 0.3 is 0 Å². The Labute approximate surface area is 111 Å². The standard InChI is InChI=1S/C14H19F2NO2/c15-12-2-1-11(7-13(12)16)8-17-9-14(3-5-18)4-6-19-10-14/h1-2,7,17-18H,3-6,8-10H2. The van der Waals surface area contributed by atoms with Crippen molar-refractivity contribution in [1.82, 2.24) is 5.32 Å². The summed E-state index contributed by atoms with van der Waals surface area (Å²) in [6, 6.07) is 3.90. The summed E-state index contributed by atoms with van der Waals surface area (Å²) in [5.41, 5.74) is 0.671. The lowest BCUT2D eigenvalue weighted by atomic mass is 9.84. The fourth-order valence-electron chi connectivity index (χ4n) is 2.43. The van der Waals surface area contributed by atoms with Crippen LogP contribution in [0.5, 0.6) is 0 Å².